The van der Waals surface area contributed by atoms with Crippen molar-refractivity contribution in [1.29, 1.82) is 5.26 Å². The smallest absolute Gasteiger partial charge is 0.203 e. The van der Waals surface area contributed by atoms with Crippen LogP contribution in [0, 0.1) is 11.3 Å². The van der Waals surface area contributed by atoms with Gasteiger partial charge in [0.05, 0.1) is 34.5 Å². The highest BCUT2D eigenvalue weighted by molar-refractivity contribution is 6.03. The van der Waals surface area contributed by atoms with Crippen LogP contribution in [0.3, 0.4) is 0 Å². The number of methoxy groups -OCH3 is 4. The lowest BCUT2D eigenvalue weighted by atomic mass is 9.91. The highest BCUT2D eigenvalue weighted by Gasteiger charge is 2.26. The lowest BCUT2D eigenvalue weighted by Gasteiger charge is -2.16. The van der Waals surface area contributed by atoms with Gasteiger partial charge in [-0.3, -0.25) is 4.79 Å². The van der Waals surface area contributed by atoms with Crippen LogP contribution in [0.1, 0.15) is 21.8 Å². The summed E-state index contributed by atoms with van der Waals surface area (Å²) in [5.41, 5.74) is 0.575. The summed E-state index contributed by atoms with van der Waals surface area (Å²) in [5, 5.41) is 19.4. The number of phenols is 1. The van der Waals surface area contributed by atoms with Crippen LogP contribution in [0.5, 0.6) is 28.7 Å². The molecule has 0 bridgehead atoms. The van der Waals surface area contributed by atoms with E-state index in [2.05, 4.69) is 0 Å². The van der Waals surface area contributed by atoms with Crippen LogP contribution in [0.25, 0.3) is 0 Å². The van der Waals surface area contributed by atoms with Gasteiger partial charge < -0.3 is 24.1 Å². The van der Waals surface area contributed by atoms with Crippen LogP contribution < -0.4 is 18.9 Å². The maximum atomic E-state index is 12.8. The highest BCUT2D eigenvalue weighted by atomic mass is 16.5. The van der Waals surface area contributed by atoms with Gasteiger partial charge in [0.25, 0.3) is 0 Å². The van der Waals surface area contributed by atoms with E-state index in [0.29, 0.717) is 22.8 Å². The Kier molecular flexibility index (Phi) is 5.91. The second kappa shape index (κ2) is 8.12. The van der Waals surface area contributed by atoms with Crippen molar-refractivity contribution in [3.05, 3.63) is 41.5 Å². The molecule has 0 heterocycles. The number of hydrogen-bond acceptors (Lipinski definition) is 7. The van der Waals surface area contributed by atoms with Crippen LogP contribution in [-0.2, 0) is 0 Å². The van der Waals surface area contributed by atoms with E-state index in [-0.39, 0.29) is 17.1 Å². The lowest BCUT2D eigenvalue weighted by molar-refractivity contribution is 0.0978. The van der Waals surface area contributed by atoms with Gasteiger partial charge >= 0.3 is 0 Å². The first kappa shape index (κ1) is 18.9. The number of phenolic OH excluding ortho intramolecular Hbond substituents is 1. The van der Waals surface area contributed by atoms with E-state index in [4.69, 9.17) is 18.9 Å². The Hall–Kier alpha value is -3.40. The van der Waals surface area contributed by atoms with E-state index >= 15 is 0 Å². The molecule has 7 nitrogen and oxygen atoms in total. The summed E-state index contributed by atoms with van der Waals surface area (Å²) in [6.45, 7) is 0. The Labute approximate surface area is 151 Å². The molecule has 0 aliphatic heterocycles. The van der Waals surface area contributed by atoms with E-state index in [1.807, 2.05) is 6.07 Å². The van der Waals surface area contributed by atoms with Gasteiger partial charge in [-0.15, -0.1) is 0 Å². The Balaban J connectivity index is 2.49. The monoisotopic (exact) mass is 357 g/mol. The van der Waals surface area contributed by atoms with Crippen LogP contribution in [0.4, 0.5) is 0 Å². The number of ether oxygens (including phenoxy) is 4. The zero-order valence-electron chi connectivity index (χ0n) is 14.9. The van der Waals surface area contributed by atoms with Gasteiger partial charge in [0.15, 0.2) is 28.8 Å². The van der Waals surface area contributed by atoms with Crippen molar-refractivity contribution in [3.8, 4) is 34.8 Å². The molecule has 0 aliphatic rings. The summed E-state index contributed by atoms with van der Waals surface area (Å²) in [5.74, 6) is -0.482. The van der Waals surface area contributed by atoms with E-state index in [1.54, 1.807) is 12.1 Å². The largest absolute Gasteiger partial charge is 0.504 e. The molecular formula is C19H19NO6. The maximum Gasteiger partial charge on any atom is 0.203 e. The molecule has 0 fully saturated rings. The molecular weight excluding hydrogens is 338 g/mol. The third kappa shape index (κ3) is 3.49. The molecule has 7 heteroatoms. The minimum Gasteiger partial charge on any atom is -0.504 e. The number of benzene rings is 2. The molecule has 0 saturated carbocycles. The standard InChI is InChI=1S/C19H19NO6/c1-23-15-6-5-11(7-14(15)21)18(22)13(10-20)12-8-16(24-2)19(26-4)17(9-12)25-3/h5-9,13,21H,1-4H3. The van der Waals surface area contributed by atoms with Crippen molar-refractivity contribution in [2.45, 2.75) is 5.92 Å². The molecule has 1 unspecified atom stereocenters. The van der Waals surface area contributed by atoms with Crippen molar-refractivity contribution in [3.63, 3.8) is 0 Å². The first-order chi connectivity index (χ1) is 12.5. The van der Waals surface area contributed by atoms with Crippen LogP contribution in [-0.4, -0.2) is 39.3 Å². The van der Waals surface area contributed by atoms with Gasteiger partial charge in [-0.05, 0) is 35.9 Å². The fourth-order valence-corrected chi connectivity index (χ4v) is 2.56. The summed E-state index contributed by atoms with van der Waals surface area (Å²) >= 11 is 0. The predicted octanol–water partition coefficient (Wildman–Crippen LogP) is 2.92. The van der Waals surface area contributed by atoms with Crippen molar-refractivity contribution in [2.75, 3.05) is 28.4 Å². The minimum absolute atomic E-state index is 0.181. The summed E-state index contributed by atoms with van der Waals surface area (Å²) in [7, 11) is 5.77. The van der Waals surface area contributed by atoms with E-state index in [9.17, 15) is 15.2 Å². The lowest BCUT2D eigenvalue weighted by Crippen LogP contribution is -2.12. The summed E-state index contributed by atoms with van der Waals surface area (Å²) in [6.07, 6.45) is 0. The van der Waals surface area contributed by atoms with Gasteiger partial charge in [-0.25, -0.2) is 0 Å². The van der Waals surface area contributed by atoms with Gasteiger partial charge in [0, 0.05) is 5.56 Å². The Morgan fingerprint density at radius 2 is 1.54 bits per heavy atom. The Morgan fingerprint density at radius 3 is 1.96 bits per heavy atom. The molecule has 2 aromatic carbocycles. The molecule has 0 aromatic heterocycles. The minimum atomic E-state index is -1.11. The number of nitriles is 1. The third-order valence-corrected chi connectivity index (χ3v) is 3.88. The number of carbonyl (C=O) groups is 1. The van der Waals surface area contributed by atoms with Gasteiger partial charge in [-0.2, -0.15) is 5.26 Å². The summed E-state index contributed by atoms with van der Waals surface area (Å²) in [4.78, 5) is 12.8. The SMILES string of the molecule is COc1ccc(C(=O)C(C#N)c2cc(OC)c(OC)c(OC)c2)cc1O. The number of carbonyl (C=O) groups excluding carboxylic acids is 1. The molecule has 0 amide bonds. The number of hydrogen-bond donors (Lipinski definition) is 1. The molecule has 136 valence electrons. The Bertz CT molecular complexity index is 831. The fourth-order valence-electron chi connectivity index (χ4n) is 2.56. The van der Waals surface area contributed by atoms with Crippen molar-refractivity contribution >= 4 is 5.78 Å². The van der Waals surface area contributed by atoms with Crippen molar-refractivity contribution < 1.29 is 28.8 Å². The first-order valence-corrected chi connectivity index (χ1v) is 7.61. The highest BCUT2D eigenvalue weighted by Crippen LogP contribution is 2.40. The zero-order chi connectivity index (χ0) is 19.3. The van der Waals surface area contributed by atoms with Gasteiger partial charge in [-0.1, -0.05) is 0 Å². The third-order valence-electron chi connectivity index (χ3n) is 3.88. The Morgan fingerprint density at radius 1 is 0.962 bits per heavy atom. The predicted molar refractivity (Wildman–Crippen MR) is 93.4 cm³/mol. The van der Waals surface area contributed by atoms with Crippen molar-refractivity contribution in [2.24, 2.45) is 0 Å². The second-order valence-electron chi connectivity index (χ2n) is 5.27. The molecule has 2 aromatic rings. The first-order valence-electron chi connectivity index (χ1n) is 7.61. The molecule has 0 radical (unpaired) electrons. The van der Waals surface area contributed by atoms with E-state index in [1.165, 1.54) is 46.6 Å². The summed E-state index contributed by atoms with van der Waals surface area (Å²) < 4.78 is 20.7. The molecule has 0 aliphatic carbocycles. The van der Waals surface area contributed by atoms with Crippen LogP contribution in [0.15, 0.2) is 30.3 Å². The normalized spacial score (nSPS) is 11.2. The number of rotatable bonds is 7. The second-order valence-corrected chi connectivity index (χ2v) is 5.27. The quantitative estimate of drug-likeness (QED) is 0.761. The van der Waals surface area contributed by atoms with E-state index in [0.717, 1.165) is 0 Å². The average Bonchev–Trinajstić information content (AvgIpc) is 2.67. The fraction of sp³-hybridized carbons (Fsp3) is 0.263. The topological polar surface area (TPSA) is 98.0 Å². The number of aromatic hydroxyl groups is 1. The van der Waals surface area contributed by atoms with Crippen LogP contribution >= 0.6 is 0 Å². The summed E-state index contributed by atoms with van der Waals surface area (Å²) in [6, 6.07) is 9.32. The molecule has 0 saturated heterocycles. The number of ketones is 1. The number of nitrogens with zero attached hydrogens (tertiary/aromatic N) is 1. The van der Waals surface area contributed by atoms with Gasteiger partial charge in [0.2, 0.25) is 5.75 Å². The van der Waals surface area contributed by atoms with Crippen molar-refractivity contribution in [1.82, 2.24) is 0 Å². The molecule has 0 spiro atoms. The number of Topliss-reactive ketones (excluding diaryl/α,β-unsaturated/α-hetero) is 1. The zero-order valence-corrected chi connectivity index (χ0v) is 14.9. The average molecular weight is 357 g/mol. The maximum absolute atomic E-state index is 12.8. The van der Waals surface area contributed by atoms with Gasteiger partial charge in [0.1, 0.15) is 5.92 Å². The molecule has 1 N–H and O–H groups in total. The van der Waals surface area contributed by atoms with E-state index < -0.39 is 11.7 Å². The molecule has 1 atom stereocenters. The van der Waals surface area contributed by atoms with Crippen LogP contribution in [0.2, 0.25) is 0 Å². The molecule has 26 heavy (non-hydrogen) atoms. The molecule has 2 rings (SSSR count).